The van der Waals surface area contributed by atoms with E-state index in [1.807, 2.05) is 12.1 Å². The summed E-state index contributed by atoms with van der Waals surface area (Å²) in [5.74, 6) is 1.29. The van der Waals surface area contributed by atoms with E-state index in [0.717, 1.165) is 60.1 Å². The molecule has 0 amide bonds. The second-order valence-corrected chi connectivity index (χ2v) is 7.07. The Kier molecular flexibility index (Phi) is 6.38. The Morgan fingerprint density at radius 3 is 2.37 bits per heavy atom. The van der Waals surface area contributed by atoms with Crippen LogP contribution in [0.2, 0.25) is 0 Å². The van der Waals surface area contributed by atoms with Gasteiger partial charge in [0.15, 0.2) is 0 Å². The van der Waals surface area contributed by atoms with Crippen molar-refractivity contribution >= 4 is 16.7 Å². The maximum Gasteiger partial charge on any atom is 0.137 e. The summed E-state index contributed by atoms with van der Waals surface area (Å²) in [4.78, 5) is 9.08. The molecule has 3 aromatic rings. The largest absolute Gasteiger partial charge is 0.369 e. The summed E-state index contributed by atoms with van der Waals surface area (Å²) in [6.45, 7) is 7.52. The average Bonchev–Trinajstić information content (AvgIpc) is 2.69. The predicted octanol–water partition coefficient (Wildman–Crippen LogP) is 6.24. The molecule has 0 unspecified atom stereocenters. The van der Waals surface area contributed by atoms with Gasteiger partial charge in [-0.05, 0) is 53.3 Å². The van der Waals surface area contributed by atoms with Gasteiger partial charge in [-0.2, -0.15) is 0 Å². The summed E-state index contributed by atoms with van der Waals surface area (Å²) >= 11 is 0. The molecule has 27 heavy (non-hydrogen) atoms. The van der Waals surface area contributed by atoms with E-state index in [0.29, 0.717) is 5.92 Å². The molecule has 3 nitrogen and oxygen atoms in total. The van der Waals surface area contributed by atoms with Gasteiger partial charge in [-0.25, -0.2) is 14.4 Å². The van der Waals surface area contributed by atoms with Crippen LogP contribution in [0.3, 0.4) is 0 Å². The van der Waals surface area contributed by atoms with Crippen LogP contribution in [0.1, 0.15) is 45.6 Å². The van der Waals surface area contributed by atoms with Crippen LogP contribution in [0, 0.1) is 11.7 Å². The van der Waals surface area contributed by atoms with E-state index in [1.54, 1.807) is 6.33 Å². The number of benzene rings is 2. The molecule has 0 saturated carbocycles. The first-order chi connectivity index (χ1) is 13.2. The zero-order valence-corrected chi connectivity index (χ0v) is 16.4. The van der Waals surface area contributed by atoms with Crippen LogP contribution in [0.25, 0.3) is 22.0 Å². The van der Waals surface area contributed by atoms with Crippen LogP contribution in [0.4, 0.5) is 10.2 Å². The van der Waals surface area contributed by atoms with E-state index in [9.17, 15) is 4.39 Å². The summed E-state index contributed by atoms with van der Waals surface area (Å²) in [5.41, 5.74) is 4.30. The summed E-state index contributed by atoms with van der Waals surface area (Å²) in [5, 5.41) is 4.57. The second-order valence-electron chi connectivity index (χ2n) is 7.07. The van der Waals surface area contributed by atoms with Crippen molar-refractivity contribution in [2.45, 2.75) is 46.5 Å². The van der Waals surface area contributed by atoms with Crippen LogP contribution in [0.5, 0.6) is 0 Å². The molecule has 0 aliphatic carbocycles. The summed E-state index contributed by atoms with van der Waals surface area (Å²) in [6, 6.07) is 11.0. The monoisotopic (exact) mass is 365 g/mol. The van der Waals surface area contributed by atoms with Gasteiger partial charge in [0.1, 0.15) is 18.0 Å². The number of rotatable bonds is 8. The molecule has 0 saturated heterocycles. The fourth-order valence-electron chi connectivity index (χ4n) is 3.47. The molecule has 142 valence electrons. The Morgan fingerprint density at radius 1 is 0.963 bits per heavy atom. The van der Waals surface area contributed by atoms with Crippen molar-refractivity contribution in [3.8, 4) is 11.1 Å². The van der Waals surface area contributed by atoms with E-state index < -0.39 is 0 Å². The maximum absolute atomic E-state index is 13.3. The Hall–Kier alpha value is -2.49. The molecule has 0 atom stereocenters. The van der Waals surface area contributed by atoms with E-state index >= 15 is 0 Å². The zero-order valence-electron chi connectivity index (χ0n) is 16.4. The van der Waals surface area contributed by atoms with Crippen molar-refractivity contribution in [3.05, 3.63) is 54.1 Å². The third-order valence-electron chi connectivity index (χ3n) is 5.23. The molecular formula is C23H28FN3. The molecule has 0 aliphatic rings. The number of halogens is 1. The molecule has 0 spiro atoms. The number of aryl methyl sites for hydroxylation is 1. The minimum Gasteiger partial charge on any atom is -0.369 e. The molecule has 4 heteroatoms. The van der Waals surface area contributed by atoms with Crippen LogP contribution >= 0.6 is 0 Å². The van der Waals surface area contributed by atoms with Crippen molar-refractivity contribution in [2.75, 3.05) is 11.9 Å². The van der Waals surface area contributed by atoms with Gasteiger partial charge in [-0.3, -0.25) is 0 Å². The lowest BCUT2D eigenvalue weighted by Gasteiger charge is -2.16. The third kappa shape index (κ3) is 4.44. The van der Waals surface area contributed by atoms with Crippen LogP contribution in [-0.2, 0) is 6.42 Å². The lowest BCUT2D eigenvalue weighted by molar-refractivity contribution is 0.518. The van der Waals surface area contributed by atoms with Gasteiger partial charge < -0.3 is 5.32 Å². The zero-order chi connectivity index (χ0) is 19.2. The van der Waals surface area contributed by atoms with Gasteiger partial charge >= 0.3 is 0 Å². The molecule has 0 bridgehead atoms. The molecule has 0 radical (unpaired) electrons. The van der Waals surface area contributed by atoms with Crippen molar-refractivity contribution in [2.24, 2.45) is 5.92 Å². The van der Waals surface area contributed by atoms with Crippen LogP contribution in [0.15, 0.2) is 42.7 Å². The van der Waals surface area contributed by atoms with Gasteiger partial charge in [0.2, 0.25) is 0 Å². The lowest BCUT2D eigenvalue weighted by atomic mass is 9.97. The normalized spacial score (nSPS) is 11.3. The lowest BCUT2D eigenvalue weighted by Crippen LogP contribution is -2.14. The molecule has 2 aromatic carbocycles. The Bertz CT molecular complexity index is 886. The molecule has 1 N–H and O–H groups in total. The minimum atomic E-state index is -0.218. The van der Waals surface area contributed by atoms with Crippen molar-refractivity contribution < 1.29 is 4.39 Å². The highest BCUT2D eigenvalue weighted by Crippen LogP contribution is 2.31. The number of aromatic nitrogens is 2. The number of nitrogens with one attached hydrogen (secondary N) is 1. The maximum atomic E-state index is 13.3. The van der Waals surface area contributed by atoms with Gasteiger partial charge in [-0.15, -0.1) is 0 Å². The average molecular weight is 365 g/mol. The number of fused-ring (bicyclic) bond motifs is 1. The standard InChI is InChI=1S/C23H28FN3/c1-4-7-18-12-19(17-8-10-20(24)11-9-17)13-21-22(18)26-15-27-23(21)25-14-16(5-2)6-3/h8-13,15-16H,4-7,14H2,1-3H3,(H,25,26,27). The summed E-state index contributed by atoms with van der Waals surface area (Å²) in [6.07, 6.45) is 5.94. The van der Waals surface area contributed by atoms with Gasteiger partial charge in [0.05, 0.1) is 5.52 Å². The Labute approximate surface area is 161 Å². The molecular weight excluding hydrogens is 337 g/mol. The highest BCUT2D eigenvalue weighted by molar-refractivity contribution is 5.94. The fourth-order valence-corrected chi connectivity index (χ4v) is 3.47. The molecule has 1 heterocycles. The molecule has 1 aromatic heterocycles. The van der Waals surface area contributed by atoms with Gasteiger partial charge in [0.25, 0.3) is 0 Å². The highest BCUT2D eigenvalue weighted by Gasteiger charge is 2.12. The fraction of sp³-hybridized carbons (Fsp3) is 0.391. The van der Waals surface area contributed by atoms with Crippen molar-refractivity contribution in [3.63, 3.8) is 0 Å². The van der Waals surface area contributed by atoms with Gasteiger partial charge in [-0.1, -0.05) is 52.2 Å². The van der Waals surface area contributed by atoms with Gasteiger partial charge in [0, 0.05) is 11.9 Å². The van der Waals surface area contributed by atoms with E-state index in [1.165, 1.54) is 17.7 Å². The highest BCUT2D eigenvalue weighted by atomic mass is 19.1. The summed E-state index contributed by atoms with van der Waals surface area (Å²) in [7, 11) is 0. The Morgan fingerprint density at radius 2 is 1.70 bits per heavy atom. The SMILES string of the molecule is CCCc1cc(-c2ccc(F)cc2)cc2c(NCC(CC)CC)ncnc12. The number of nitrogens with zero attached hydrogens (tertiary/aromatic N) is 2. The number of hydrogen-bond donors (Lipinski definition) is 1. The van der Waals surface area contributed by atoms with Crippen molar-refractivity contribution in [1.29, 1.82) is 0 Å². The van der Waals surface area contributed by atoms with E-state index in [4.69, 9.17) is 0 Å². The molecule has 0 fully saturated rings. The van der Waals surface area contributed by atoms with Crippen LogP contribution < -0.4 is 5.32 Å². The number of hydrogen-bond acceptors (Lipinski definition) is 3. The van der Waals surface area contributed by atoms with Crippen LogP contribution in [-0.4, -0.2) is 16.5 Å². The number of anilines is 1. The smallest absolute Gasteiger partial charge is 0.137 e. The Balaban J connectivity index is 2.07. The second kappa shape index (κ2) is 8.94. The summed E-state index contributed by atoms with van der Waals surface area (Å²) < 4.78 is 13.3. The first kappa shape index (κ1) is 19.3. The minimum absolute atomic E-state index is 0.218. The molecule has 0 aliphatic heterocycles. The van der Waals surface area contributed by atoms with E-state index in [2.05, 4.69) is 48.2 Å². The quantitative estimate of drug-likeness (QED) is 0.514. The van der Waals surface area contributed by atoms with Crippen molar-refractivity contribution in [1.82, 2.24) is 9.97 Å². The topological polar surface area (TPSA) is 37.8 Å². The third-order valence-corrected chi connectivity index (χ3v) is 5.23. The van der Waals surface area contributed by atoms with E-state index in [-0.39, 0.29) is 5.82 Å². The first-order valence-electron chi connectivity index (χ1n) is 9.93. The predicted molar refractivity (Wildman–Crippen MR) is 111 cm³/mol. The molecule has 3 rings (SSSR count). The first-order valence-corrected chi connectivity index (χ1v) is 9.93.